The lowest BCUT2D eigenvalue weighted by molar-refractivity contribution is -0.133. The number of carbonyl (C=O) groups is 1. The normalized spacial score (nSPS) is 18.3. The van der Waals surface area contributed by atoms with Crippen molar-refractivity contribution in [2.45, 2.75) is 65.2 Å². The predicted molar refractivity (Wildman–Crippen MR) is 144 cm³/mol. The summed E-state index contributed by atoms with van der Waals surface area (Å²) in [5, 5.41) is 25.3. The number of thiophene rings is 1. The molecule has 186 valence electrons. The van der Waals surface area contributed by atoms with Gasteiger partial charge < -0.3 is 14.9 Å². The van der Waals surface area contributed by atoms with Crippen molar-refractivity contribution in [2.75, 3.05) is 0 Å². The van der Waals surface area contributed by atoms with Gasteiger partial charge in [0.2, 0.25) is 0 Å². The molecule has 1 unspecified atom stereocenters. The first-order valence-corrected chi connectivity index (χ1v) is 12.9. The van der Waals surface area contributed by atoms with Crippen LogP contribution in [0.4, 0.5) is 0 Å². The van der Waals surface area contributed by atoms with E-state index in [0.717, 1.165) is 27.1 Å². The first kappa shape index (κ1) is 24.3. The number of aromatic nitrogens is 1. The van der Waals surface area contributed by atoms with Gasteiger partial charge in [0.15, 0.2) is 5.75 Å². The summed E-state index contributed by atoms with van der Waals surface area (Å²) in [6.45, 7) is 14.4. The molecule has 0 spiro atoms. The summed E-state index contributed by atoms with van der Waals surface area (Å²) < 4.78 is 5.55. The van der Waals surface area contributed by atoms with Crippen molar-refractivity contribution in [3.63, 3.8) is 0 Å². The zero-order valence-corrected chi connectivity index (χ0v) is 22.5. The zero-order chi connectivity index (χ0) is 26.2. The number of aliphatic hydroxyl groups is 1. The van der Waals surface area contributed by atoms with Gasteiger partial charge in [0.05, 0.1) is 5.35 Å². The molecule has 1 atom stereocenters. The molecular formula is C30H31NO4S. The summed E-state index contributed by atoms with van der Waals surface area (Å²) in [7, 11) is 0. The van der Waals surface area contributed by atoms with E-state index in [0.29, 0.717) is 33.3 Å². The van der Waals surface area contributed by atoms with Gasteiger partial charge in [-0.2, -0.15) is 0 Å². The lowest BCUT2D eigenvalue weighted by atomic mass is 9.78. The Morgan fingerprint density at radius 1 is 1.00 bits per heavy atom. The fourth-order valence-corrected chi connectivity index (χ4v) is 5.78. The molecule has 6 heteroatoms. The number of nitrogens with zero attached hydrogens (tertiary/aromatic N) is 1. The molecule has 3 heterocycles. The van der Waals surface area contributed by atoms with Crippen molar-refractivity contribution in [1.29, 1.82) is 0 Å². The van der Waals surface area contributed by atoms with Gasteiger partial charge in [0, 0.05) is 26.8 Å². The SMILES string of the molecule is Cc1csc(C2C(=O)Oc3cc4c(nc32)=CC(=Cc2cc(C(C)(C)C)c(O)c(C(C)(C)C)c2)C=4O)c1. The molecule has 1 aromatic carbocycles. The summed E-state index contributed by atoms with van der Waals surface area (Å²) >= 11 is 1.52. The number of aliphatic hydroxyl groups excluding tert-OH is 1. The van der Waals surface area contributed by atoms with Gasteiger partial charge >= 0.3 is 5.97 Å². The van der Waals surface area contributed by atoms with Crippen molar-refractivity contribution in [1.82, 2.24) is 4.98 Å². The van der Waals surface area contributed by atoms with Crippen LogP contribution in [0.1, 0.15) is 80.3 Å². The Morgan fingerprint density at radius 2 is 1.64 bits per heavy atom. The van der Waals surface area contributed by atoms with E-state index in [1.165, 1.54) is 11.3 Å². The van der Waals surface area contributed by atoms with Gasteiger partial charge in [-0.15, -0.1) is 11.3 Å². The summed E-state index contributed by atoms with van der Waals surface area (Å²) in [6.07, 6.45) is 3.75. The zero-order valence-electron chi connectivity index (χ0n) is 21.7. The molecule has 2 N–H and O–H groups in total. The van der Waals surface area contributed by atoms with E-state index in [9.17, 15) is 15.0 Å². The van der Waals surface area contributed by atoms with Crippen molar-refractivity contribution in [2.24, 2.45) is 0 Å². The van der Waals surface area contributed by atoms with E-state index in [1.807, 2.05) is 42.7 Å². The van der Waals surface area contributed by atoms with Crippen LogP contribution in [0.3, 0.4) is 0 Å². The van der Waals surface area contributed by atoms with Gasteiger partial charge in [0.1, 0.15) is 23.1 Å². The van der Waals surface area contributed by atoms with Crippen LogP contribution in [0.15, 0.2) is 35.2 Å². The smallest absolute Gasteiger partial charge is 0.326 e. The number of pyridine rings is 1. The molecule has 0 bridgehead atoms. The highest BCUT2D eigenvalue weighted by atomic mass is 32.1. The molecule has 1 aliphatic carbocycles. The third kappa shape index (κ3) is 4.03. The molecule has 5 nitrogen and oxygen atoms in total. The van der Waals surface area contributed by atoms with Gasteiger partial charge in [-0.25, -0.2) is 4.98 Å². The van der Waals surface area contributed by atoms with Crippen molar-refractivity contribution >= 4 is 35.2 Å². The molecule has 5 rings (SSSR count). The number of phenolic OH excluding ortho intramolecular Hbond substituents is 1. The topological polar surface area (TPSA) is 79.7 Å². The second kappa shape index (κ2) is 8.07. The fraction of sp³-hybridized carbons (Fsp3) is 0.333. The number of aryl methyl sites for hydroxylation is 1. The predicted octanol–water partition coefficient (Wildman–Crippen LogP) is 5.35. The number of esters is 1. The van der Waals surface area contributed by atoms with Crippen molar-refractivity contribution < 1.29 is 19.7 Å². The molecule has 36 heavy (non-hydrogen) atoms. The summed E-state index contributed by atoms with van der Waals surface area (Å²) in [5.74, 6) is -0.0842. The quantitative estimate of drug-likeness (QED) is 0.463. The number of carbonyl (C=O) groups excluding carboxylic acids is 1. The van der Waals surface area contributed by atoms with Crippen LogP contribution in [0.25, 0.3) is 17.9 Å². The Morgan fingerprint density at radius 3 is 2.19 bits per heavy atom. The first-order chi connectivity index (χ1) is 16.7. The number of aromatic hydroxyl groups is 1. The Hall–Kier alpha value is -3.38. The monoisotopic (exact) mass is 501 g/mol. The lowest BCUT2D eigenvalue weighted by Gasteiger charge is -2.28. The number of fused-ring (bicyclic) bond motifs is 2. The molecule has 3 aromatic rings. The minimum Gasteiger partial charge on any atom is -0.507 e. The third-order valence-corrected chi connectivity index (χ3v) is 7.81. The molecule has 0 fully saturated rings. The summed E-state index contributed by atoms with van der Waals surface area (Å²) in [5.41, 5.74) is 4.39. The Balaban J connectivity index is 1.64. The highest BCUT2D eigenvalue weighted by molar-refractivity contribution is 7.10. The minimum atomic E-state index is -0.548. The lowest BCUT2D eigenvalue weighted by Crippen LogP contribution is -2.27. The maximum Gasteiger partial charge on any atom is 0.326 e. The number of ether oxygens (including phenoxy) is 1. The Kier molecular flexibility index (Phi) is 5.45. The van der Waals surface area contributed by atoms with E-state index >= 15 is 0 Å². The minimum absolute atomic E-state index is 0.0921. The first-order valence-electron chi connectivity index (χ1n) is 12.1. The average molecular weight is 502 g/mol. The molecular weight excluding hydrogens is 470 g/mol. The molecule has 0 saturated carbocycles. The molecule has 2 aromatic heterocycles. The number of hydrogen-bond donors (Lipinski definition) is 2. The molecule has 0 radical (unpaired) electrons. The number of benzene rings is 1. The van der Waals surface area contributed by atoms with E-state index < -0.39 is 5.92 Å². The van der Waals surface area contributed by atoms with E-state index in [-0.39, 0.29) is 22.6 Å². The highest BCUT2D eigenvalue weighted by Crippen LogP contribution is 2.41. The maximum absolute atomic E-state index is 12.6. The van der Waals surface area contributed by atoms with Crippen LogP contribution in [-0.4, -0.2) is 21.2 Å². The van der Waals surface area contributed by atoms with Gasteiger partial charge in [0.25, 0.3) is 0 Å². The summed E-state index contributed by atoms with van der Waals surface area (Å²) in [4.78, 5) is 18.3. The maximum atomic E-state index is 12.6. The largest absolute Gasteiger partial charge is 0.507 e. The Bertz CT molecular complexity index is 1540. The standard InChI is InChI=1S/C30H31NO4S/c1-15-8-23(36-14-15)24-25-22(35-28(24)34)13-18-21(31-25)12-17(26(18)32)9-16-10-19(29(2,3)4)27(33)20(11-16)30(5,6)7/h8-14,24,32-33H,1-7H3. The number of phenols is 1. The van der Waals surface area contributed by atoms with Crippen LogP contribution in [0.5, 0.6) is 11.5 Å². The molecule has 2 aliphatic rings. The average Bonchev–Trinajstić information content (AvgIpc) is 3.41. The highest BCUT2D eigenvalue weighted by Gasteiger charge is 2.38. The van der Waals surface area contributed by atoms with Gasteiger partial charge in [-0.05, 0) is 70.7 Å². The van der Waals surface area contributed by atoms with E-state index in [2.05, 4.69) is 41.5 Å². The second-order valence-electron chi connectivity index (χ2n) is 11.7. The van der Waals surface area contributed by atoms with Gasteiger partial charge in [-0.1, -0.05) is 41.5 Å². The van der Waals surface area contributed by atoms with Crippen LogP contribution in [0.2, 0.25) is 0 Å². The summed E-state index contributed by atoms with van der Waals surface area (Å²) in [6, 6.07) is 7.66. The fourth-order valence-electron chi connectivity index (χ4n) is 4.79. The van der Waals surface area contributed by atoms with Crippen LogP contribution in [0, 0.1) is 6.92 Å². The van der Waals surface area contributed by atoms with Crippen LogP contribution < -0.4 is 15.3 Å². The van der Waals surface area contributed by atoms with Gasteiger partial charge in [-0.3, -0.25) is 4.79 Å². The van der Waals surface area contributed by atoms with E-state index in [1.54, 1.807) is 6.07 Å². The number of hydrogen-bond acceptors (Lipinski definition) is 6. The van der Waals surface area contributed by atoms with Crippen LogP contribution >= 0.6 is 11.3 Å². The molecule has 0 saturated heterocycles. The van der Waals surface area contributed by atoms with Crippen molar-refractivity contribution in [3.8, 4) is 11.5 Å². The van der Waals surface area contributed by atoms with Crippen molar-refractivity contribution in [3.05, 3.63) is 78.6 Å². The van der Waals surface area contributed by atoms with Crippen LogP contribution in [-0.2, 0) is 15.6 Å². The molecule has 1 aliphatic heterocycles. The second-order valence-corrected chi connectivity index (χ2v) is 12.7. The molecule has 0 amide bonds. The third-order valence-electron chi connectivity index (χ3n) is 6.69. The number of rotatable bonds is 2. The van der Waals surface area contributed by atoms with E-state index in [4.69, 9.17) is 9.72 Å². The Labute approximate surface area is 215 Å².